The van der Waals surface area contributed by atoms with Gasteiger partial charge in [0, 0.05) is 30.4 Å². The van der Waals surface area contributed by atoms with Gasteiger partial charge in [-0.25, -0.2) is 9.97 Å². The molecule has 7 heteroatoms. The summed E-state index contributed by atoms with van der Waals surface area (Å²) in [6.07, 6.45) is 5.19. The first-order chi connectivity index (χ1) is 12.2. The predicted octanol–water partition coefficient (Wildman–Crippen LogP) is 2.99. The molecule has 1 aromatic carbocycles. The van der Waals surface area contributed by atoms with Crippen LogP contribution >= 0.6 is 0 Å². The average Bonchev–Trinajstić information content (AvgIpc) is 3.08. The van der Waals surface area contributed by atoms with Crippen LogP contribution in [0.3, 0.4) is 0 Å². The molecule has 0 fully saturated rings. The quantitative estimate of drug-likeness (QED) is 0.619. The fourth-order valence-corrected chi connectivity index (χ4v) is 2.76. The molecule has 3 aromatic heterocycles. The molecule has 0 saturated carbocycles. The molecule has 7 nitrogen and oxygen atoms in total. The van der Waals surface area contributed by atoms with Gasteiger partial charge < -0.3 is 9.88 Å². The molecular weight excluding hydrogens is 314 g/mol. The average molecular weight is 331 g/mol. The maximum Gasteiger partial charge on any atom is 0.163 e. The van der Waals surface area contributed by atoms with Crippen LogP contribution in [-0.2, 0) is 7.05 Å². The molecule has 4 aromatic rings. The SMILES string of the molecule is C[C@@H](Nc1nc(-c2cccnc2)nc2ccccc12)c1nncn1C. The molecule has 0 unspecified atom stereocenters. The molecule has 0 aliphatic carbocycles. The topological polar surface area (TPSA) is 81.4 Å². The zero-order chi connectivity index (χ0) is 17.2. The lowest BCUT2D eigenvalue weighted by molar-refractivity contribution is 0.717. The molecule has 0 spiro atoms. The van der Waals surface area contributed by atoms with Crippen molar-refractivity contribution in [2.45, 2.75) is 13.0 Å². The van der Waals surface area contributed by atoms with Crippen LogP contribution in [0, 0.1) is 0 Å². The Balaban J connectivity index is 1.80. The Morgan fingerprint density at radius 1 is 1.08 bits per heavy atom. The number of nitrogens with zero attached hydrogens (tertiary/aromatic N) is 6. The van der Waals surface area contributed by atoms with E-state index >= 15 is 0 Å². The van der Waals surface area contributed by atoms with Crippen molar-refractivity contribution < 1.29 is 0 Å². The number of rotatable bonds is 4. The second-order valence-corrected chi connectivity index (χ2v) is 5.82. The maximum absolute atomic E-state index is 4.73. The first-order valence-electron chi connectivity index (χ1n) is 8.00. The van der Waals surface area contributed by atoms with E-state index in [1.807, 2.05) is 54.9 Å². The van der Waals surface area contributed by atoms with Gasteiger partial charge in [0.05, 0.1) is 11.6 Å². The van der Waals surface area contributed by atoms with Gasteiger partial charge in [-0.2, -0.15) is 0 Å². The molecule has 1 N–H and O–H groups in total. The summed E-state index contributed by atoms with van der Waals surface area (Å²) in [5.74, 6) is 2.24. The number of fused-ring (bicyclic) bond motifs is 1. The Kier molecular flexibility index (Phi) is 3.81. The van der Waals surface area contributed by atoms with Crippen LogP contribution in [0.2, 0.25) is 0 Å². The largest absolute Gasteiger partial charge is 0.360 e. The lowest BCUT2D eigenvalue weighted by Crippen LogP contribution is -2.13. The van der Waals surface area contributed by atoms with Gasteiger partial charge in [0.1, 0.15) is 12.1 Å². The van der Waals surface area contributed by atoms with Crippen molar-refractivity contribution in [2.24, 2.45) is 7.05 Å². The van der Waals surface area contributed by atoms with E-state index in [-0.39, 0.29) is 6.04 Å². The lowest BCUT2D eigenvalue weighted by Gasteiger charge is -2.16. The highest BCUT2D eigenvalue weighted by atomic mass is 15.3. The normalized spacial score (nSPS) is 12.2. The summed E-state index contributed by atoms with van der Waals surface area (Å²) < 4.78 is 1.89. The summed E-state index contributed by atoms with van der Waals surface area (Å²) in [5, 5.41) is 12.5. The second kappa shape index (κ2) is 6.27. The Labute approximate surface area is 144 Å². The highest BCUT2D eigenvalue weighted by Gasteiger charge is 2.15. The number of hydrogen-bond donors (Lipinski definition) is 1. The van der Waals surface area contributed by atoms with Gasteiger partial charge in [0.15, 0.2) is 11.6 Å². The zero-order valence-corrected chi connectivity index (χ0v) is 14.0. The number of benzene rings is 1. The van der Waals surface area contributed by atoms with Crippen LogP contribution in [-0.4, -0.2) is 29.7 Å². The molecule has 0 radical (unpaired) electrons. The third-order valence-electron chi connectivity index (χ3n) is 4.01. The van der Waals surface area contributed by atoms with E-state index in [9.17, 15) is 0 Å². The highest BCUT2D eigenvalue weighted by molar-refractivity contribution is 5.90. The summed E-state index contributed by atoms with van der Waals surface area (Å²) >= 11 is 0. The summed E-state index contributed by atoms with van der Waals surface area (Å²) in [4.78, 5) is 13.6. The summed E-state index contributed by atoms with van der Waals surface area (Å²) in [6, 6.07) is 11.7. The minimum Gasteiger partial charge on any atom is -0.360 e. The van der Waals surface area contributed by atoms with Gasteiger partial charge in [-0.15, -0.1) is 10.2 Å². The van der Waals surface area contributed by atoms with E-state index in [1.54, 1.807) is 18.7 Å². The van der Waals surface area contributed by atoms with Crippen molar-refractivity contribution in [3.8, 4) is 11.4 Å². The summed E-state index contributed by atoms with van der Waals surface area (Å²) in [6.45, 7) is 2.03. The van der Waals surface area contributed by atoms with Crippen LogP contribution in [0.25, 0.3) is 22.3 Å². The predicted molar refractivity (Wildman–Crippen MR) is 95.8 cm³/mol. The van der Waals surface area contributed by atoms with Crippen molar-refractivity contribution in [1.82, 2.24) is 29.7 Å². The number of nitrogens with one attached hydrogen (secondary N) is 1. The van der Waals surface area contributed by atoms with Crippen molar-refractivity contribution in [3.05, 3.63) is 60.9 Å². The van der Waals surface area contributed by atoms with Gasteiger partial charge in [0.25, 0.3) is 0 Å². The molecule has 3 heterocycles. The van der Waals surface area contributed by atoms with E-state index in [1.165, 1.54) is 0 Å². The molecule has 25 heavy (non-hydrogen) atoms. The lowest BCUT2D eigenvalue weighted by atomic mass is 10.2. The maximum atomic E-state index is 4.73. The minimum absolute atomic E-state index is 0.0486. The van der Waals surface area contributed by atoms with Crippen molar-refractivity contribution in [2.75, 3.05) is 5.32 Å². The molecule has 4 rings (SSSR count). The smallest absolute Gasteiger partial charge is 0.163 e. The van der Waals surface area contributed by atoms with Gasteiger partial charge in [-0.1, -0.05) is 12.1 Å². The molecule has 0 bridgehead atoms. The van der Waals surface area contributed by atoms with Crippen molar-refractivity contribution in [1.29, 1.82) is 0 Å². The standard InChI is InChI=1S/C18H17N7/c1-12(18-24-20-11-25(18)2)21-17-14-7-3-4-8-15(14)22-16(23-17)13-6-5-9-19-10-13/h3-12H,1-2H3,(H,21,22,23)/t12-/m1/s1. The number of pyridine rings is 1. The summed E-state index contributed by atoms with van der Waals surface area (Å²) in [7, 11) is 1.92. The van der Waals surface area contributed by atoms with Crippen LogP contribution < -0.4 is 5.32 Å². The third-order valence-corrected chi connectivity index (χ3v) is 4.01. The number of aromatic nitrogens is 6. The van der Waals surface area contributed by atoms with Gasteiger partial charge in [0.2, 0.25) is 0 Å². The molecular formula is C18H17N7. The first-order valence-corrected chi connectivity index (χ1v) is 8.00. The third kappa shape index (κ3) is 2.91. The van der Waals surface area contributed by atoms with E-state index < -0.39 is 0 Å². The second-order valence-electron chi connectivity index (χ2n) is 5.82. The van der Waals surface area contributed by atoms with Crippen molar-refractivity contribution >= 4 is 16.7 Å². The Morgan fingerprint density at radius 3 is 2.72 bits per heavy atom. The molecule has 0 aliphatic heterocycles. The molecule has 0 saturated heterocycles. The monoisotopic (exact) mass is 331 g/mol. The van der Waals surface area contributed by atoms with Gasteiger partial charge in [-0.05, 0) is 31.2 Å². The van der Waals surface area contributed by atoms with Crippen LogP contribution in [0.5, 0.6) is 0 Å². The molecule has 0 amide bonds. The summed E-state index contributed by atoms with van der Waals surface area (Å²) in [5.41, 5.74) is 1.76. The molecule has 124 valence electrons. The minimum atomic E-state index is -0.0486. The van der Waals surface area contributed by atoms with Gasteiger partial charge in [-0.3, -0.25) is 4.98 Å². The van der Waals surface area contributed by atoms with Crippen LogP contribution in [0.15, 0.2) is 55.1 Å². The number of para-hydroxylation sites is 1. The Bertz CT molecular complexity index is 1010. The Morgan fingerprint density at radius 2 is 1.96 bits per heavy atom. The van der Waals surface area contributed by atoms with E-state index in [4.69, 9.17) is 4.98 Å². The van der Waals surface area contributed by atoms with Crippen molar-refractivity contribution in [3.63, 3.8) is 0 Å². The van der Waals surface area contributed by atoms with Gasteiger partial charge >= 0.3 is 0 Å². The molecule has 0 aliphatic rings. The van der Waals surface area contributed by atoms with E-state index in [2.05, 4.69) is 25.5 Å². The fourth-order valence-electron chi connectivity index (χ4n) is 2.76. The van der Waals surface area contributed by atoms with Crippen LogP contribution in [0.1, 0.15) is 18.8 Å². The number of aryl methyl sites for hydroxylation is 1. The highest BCUT2D eigenvalue weighted by Crippen LogP contribution is 2.27. The number of anilines is 1. The van der Waals surface area contributed by atoms with E-state index in [0.717, 1.165) is 28.1 Å². The number of hydrogen-bond acceptors (Lipinski definition) is 6. The van der Waals surface area contributed by atoms with Crippen LogP contribution in [0.4, 0.5) is 5.82 Å². The zero-order valence-electron chi connectivity index (χ0n) is 14.0. The Hall–Kier alpha value is -3.35. The first kappa shape index (κ1) is 15.2. The molecule has 1 atom stereocenters. The van der Waals surface area contributed by atoms with E-state index in [0.29, 0.717) is 5.82 Å². The fraction of sp³-hybridized carbons (Fsp3) is 0.167.